The Hall–Kier alpha value is -3.05. The third-order valence-electron chi connectivity index (χ3n) is 3.81. The number of fused-ring (bicyclic) bond motifs is 1. The number of anilines is 1. The van der Waals surface area contributed by atoms with Gasteiger partial charge in [0.2, 0.25) is 0 Å². The van der Waals surface area contributed by atoms with Crippen molar-refractivity contribution in [2.75, 3.05) is 19.0 Å². The highest BCUT2D eigenvalue weighted by Gasteiger charge is 2.35. The number of H-pyrrole nitrogens is 1. The summed E-state index contributed by atoms with van der Waals surface area (Å²) >= 11 is 0. The fourth-order valence-electron chi connectivity index (χ4n) is 2.66. The Morgan fingerprint density at radius 2 is 1.89 bits per heavy atom. The standard InChI is InChI=1S/C15H13F5N6O/c1-25(2)12-7-3-4-9(15(18,19)20)23-13(7)26(14(27)24-12)10(11(16)17)8-5-21-6-22-8/h3-6,10-11H,1-2H3,(H,21,22). The molecule has 0 aromatic carbocycles. The second-order valence-electron chi connectivity index (χ2n) is 5.82. The molecule has 1 atom stereocenters. The summed E-state index contributed by atoms with van der Waals surface area (Å²) in [7, 11) is 3.03. The fraction of sp³-hybridized carbons (Fsp3) is 0.333. The molecular formula is C15H13F5N6O. The summed E-state index contributed by atoms with van der Waals surface area (Å²) < 4.78 is 67.2. The summed E-state index contributed by atoms with van der Waals surface area (Å²) in [6.07, 6.45) is -5.71. The number of halogens is 5. The first-order valence-electron chi connectivity index (χ1n) is 7.56. The number of aromatic amines is 1. The molecule has 12 heteroatoms. The molecule has 0 aliphatic carbocycles. The van der Waals surface area contributed by atoms with E-state index in [1.165, 1.54) is 19.0 Å². The predicted molar refractivity (Wildman–Crippen MR) is 85.9 cm³/mol. The predicted octanol–water partition coefficient (Wildman–Crippen LogP) is 2.45. The van der Waals surface area contributed by atoms with Crippen LogP contribution in [0.3, 0.4) is 0 Å². The molecule has 0 amide bonds. The fourth-order valence-corrected chi connectivity index (χ4v) is 2.66. The van der Waals surface area contributed by atoms with Gasteiger partial charge in [-0.25, -0.2) is 23.5 Å². The smallest absolute Gasteiger partial charge is 0.362 e. The molecule has 27 heavy (non-hydrogen) atoms. The summed E-state index contributed by atoms with van der Waals surface area (Å²) in [6, 6.07) is -0.195. The number of nitrogens with one attached hydrogen (secondary N) is 1. The molecule has 0 radical (unpaired) electrons. The lowest BCUT2D eigenvalue weighted by atomic mass is 10.2. The minimum absolute atomic E-state index is 0.0162. The summed E-state index contributed by atoms with van der Waals surface area (Å²) in [5.41, 5.74) is -3.26. The van der Waals surface area contributed by atoms with E-state index < -0.39 is 35.7 Å². The number of pyridine rings is 1. The van der Waals surface area contributed by atoms with Crippen molar-refractivity contribution in [3.05, 3.63) is 46.5 Å². The van der Waals surface area contributed by atoms with Crippen molar-refractivity contribution in [2.24, 2.45) is 0 Å². The molecular weight excluding hydrogens is 375 g/mol. The van der Waals surface area contributed by atoms with E-state index in [9.17, 15) is 26.7 Å². The van der Waals surface area contributed by atoms with Crippen LogP contribution in [0.15, 0.2) is 29.5 Å². The molecule has 0 fully saturated rings. The maximum absolute atomic E-state index is 13.7. The quantitative estimate of drug-likeness (QED) is 0.695. The zero-order valence-corrected chi connectivity index (χ0v) is 14.0. The van der Waals surface area contributed by atoms with Gasteiger partial charge in [-0.2, -0.15) is 18.2 Å². The SMILES string of the molecule is CN(C)c1nc(=O)n(C(c2c[nH]cn2)C(F)F)c2nc(C(F)(F)F)ccc12. The zero-order chi connectivity index (χ0) is 19.9. The molecule has 0 aliphatic heterocycles. The van der Waals surface area contributed by atoms with Crippen LogP contribution in [-0.4, -0.2) is 45.0 Å². The van der Waals surface area contributed by atoms with Crippen LogP contribution in [0, 0.1) is 0 Å². The third kappa shape index (κ3) is 3.34. The van der Waals surface area contributed by atoms with Crippen molar-refractivity contribution < 1.29 is 22.0 Å². The average molecular weight is 388 g/mol. The molecule has 0 spiro atoms. The molecule has 144 valence electrons. The first kappa shape index (κ1) is 18.7. The molecule has 0 saturated heterocycles. The number of alkyl halides is 5. The first-order valence-corrected chi connectivity index (χ1v) is 7.56. The van der Waals surface area contributed by atoms with Crippen LogP contribution < -0.4 is 10.6 Å². The van der Waals surface area contributed by atoms with E-state index in [4.69, 9.17) is 0 Å². The summed E-state index contributed by atoms with van der Waals surface area (Å²) in [5.74, 6) is 0.0162. The van der Waals surface area contributed by atoms with Gasteiger partial charge in [-0.15, -0.1) is 0 Å². The van der Waals surface area contributed by atoms with Gasteiger partial charge in [0, 0.05) is 20.3 Å². The highest BCUT2D eigenvalue weighted by molar-refractivity contribution is 5.87. The van der Waals surface area contributed by atoms with Gasteiger partial charge < -0.3 is 9.88 Å². The van der Waals surface area contributed by atoms with Gasteiger partial charge in [-0.3, -0.25) is 4.57 Å². The lowest BCUT2D eigenvalue weighted by Gasteiger charge is -2.22. The van der Waals surface area contributed by atoms with Crippen LogP contribution >= 0.6 is 0 Å². The topological polar surface area (TPSA) is 79.7 Å². The number of nitrogens with zero attached hydrogens (tertiary/aromatic N) is 5. The van der Waals surface area contributed by atoms with Crippen LogP contribution in [0.25, 0.3) is 11.0 Å². The Kier molecular flexibility index (Phi) is 4.57. The van der Waals surface area contributed by atoms with Crippen molar-refractivity contribution in [2.45, 2.75) is 18.6 Å². The summed E-state index contributed by atoms with van der Waals surface area (Å²) in [6.45, 7) is 0. The zero-order valence-electron chi connectivity index (χ0n) is 14.0. The van der Waals surface area contributed by atoms with Crippen molar-refractivity contribution in [1.29, 1.82) is 0 Å². The average Bonchev–Trinajstić information content (AvgIpc) is 3.09. The van der Waals surface area contributed by atoms with Gasteiger partial charge in [0.05, 0.1) is 17.4 Å². The summed E-state index contributed by atoms with van der Waals surface area (Å²) in [5, 5.41) is 0.0220. The van der Waals surface area contributed by atoms with Crippen molar-refractivity contribution in [1.82, 2.24) is 24.5 Å². The largest absolute Gasteiger partial charge is 0.433 e. The van der Waals surface area contributed by atoms with E-state index >= 15 is 0 Å². The number of imidazole rings is 1. The Morgan fingerprint density at radius 1 is 1.19 bits per heavy atom. The molecule has 3 aromatic rings. The van der Waals surface area contributed by atoms with Gasteiger partial charge in [-0.1, -0.05) is 0 Å². The lowest BCUT2D eigenvalue weighted by Crippen LogP contribution is -2.34. The number of rotatable bonds is 4. The second kappa shape index (κ2) is 6.59. The number of aromatic nitrogens is 5. The minimum atomic E-state index is -4.82. The Bertz CT molecular complexity index is 1010. The van der Waals surface area contributed by atoms with Crippen molar-refractivity contribution in [3.63, 3.8) is 0 Å². The molecule has 1 N–H and O–H groups in total. The Labute approximate surface area is 148 Å². The van der Waals surface area contributed by atoms with Crippen LogP contribution in [0.5, 0.6) is 0 Å². The maximum Gasteiger partial charge on any atom is 0.433 e. The molecule has 3 heterocycles. The normalized spacial score (nSPS) is 13.3. The van der Waals surface area contributed by atoms with E-state index in [1.807, 2.05) is 0 Å². The highest BCUT2D eigenvalue weighted by atomic mass is 19.4. The van der Waals surface area contributed by atoms with Crippen molar-refractivity contribution in [3.8, 4) is 0 Å². The number of hydrogen-bond donors (Lipinski definition) is 1. The second-order valence-corrected chi connectivity index (χ2v) is 5.82. The Morgan fingerprint density at radius 3 is 2.41 bits per heavy atom. The number of hydrogen-bond acceptors (Lipinski definition) is 5. The van der Waals surface area contributed by atoms with Crippen LogP contribution in [-0.2, 0) is 6.18 Å². The maximum atomic E-state index is 13.7. The van der Waals surface area contributed by atoms with E-state index in [-0.39, 0.29) is 16.9 Å². The van der Waals surface area contributed by atoms with Gasteiger partial charge in [0.1, 0.15) is 23.2 Å². The molecule has 3 rings (SSSR count). The monoisotopic (exact) mass is 388 g/mol. The minimum Gasteiger partial charge on any atom is -0.362 e. The Balaban J connectivity index is 2.42. The van der Waals surface area contributed by atoms with Gasteiger partial charge in [0.15, 0.2) is 0 Å². The lowest BCUT2D eigenvalue weighted by molar-refractivity contribution is -0.141. The first-order chi connectivity index (χ1) is 12.6. The van der Waals surface area contributed by atoms with Gasteiger partial charge in [0.25, 0.3) is 6.43 Å². The molecule has 0 aliphatic rings. The van der Waals surface area contributed by atoms with Gasteiger partial charge in [-0.05, 0) is 12.1 Å². The van der Waals surface area contributed by atoms with Crippen LogP contribution in [0.2, 0.25) is 0 Å². The van der Waals surface area contributed by atoms with E-state index in [0.717, 1.165) is 18.6 Å². The molecule has 1 unspecified atom stereocenters. The molecule has 0 bridgehead atoms. The highest BCUT2D eigenvalue weighted by Crippen LogP contribution is 2.32. The van der Waals surface area contributed by atoms with E-state index in [1.54, 1.807) is 0 Å². The van der Waals surface area contributed by atoms with Crippen LogP contribution in [0.4, 0.5) is 27.8 Å². The van der Waals surface area contributed by atoms with Crippen molar-refractivity contribution >= 4 is 16.9 Å². The van der Waals surface area contributed by atoms with Crippen LogP contribution in [0.1, 0.15) is 17.4 Å². The summed E-state index contributed by atoms with van der Waals surface area (Å²) in [4.78, 5) is 27.3. The third-order valence-corrected chi connectivity index (χ3v) is 3.81. The molecule has 7 nitrogen and oxygen atoms in total. The molecule has 3 aromatic heterocycles. The van der Waals surface area contributed by atoms with E-state index in [2.05, 4.69) is 19.9 Å². The van der Waals surface area contributed by atoms with Gasteiger partial charge >= 0.3 is 11.9 Å². The molecule has 0 saturated carbocycles. The van der Waals surface area contributed by atoms with E-state index in [0.29, 0.717) is 10.6 Å².